The summed E-state index contributed by atoms with van der Waals surface area (Å²) < 4.78 is 13.7. The van der Waals surface area contributed by atoms with E-state index in [1.165, 1.54) is 0 Å². The molecule has 0 bridgehead atoms. The highest BCUT2D eigenvalue weighted by Crippen LogP contribution is 2.58. The summed E-state index contributed by atoms with van der Waals surface area (Å²) >= 11 is 0. The first kappa shape index (κ1) is 21.8. The summed E-state index contributed by atoms with van der Waals surface area (Å²) in [4.78, 5) is 24.8. The maximum atomic E-state index is 11.4. The predicted octanol–water partition coefficient (Wildman–Crippen LogP) is 2.62. The molecule has 3 saturated carbocycles. The normalized spacial score (nSPS) is 24.6. The van der Waals surface area contributed by atoms with Gasteiger partial charge in [-0.1, -0.05) is 5.21 Å². The second-order valence-corrected chi connectivity index (χ2v) is 9.52. The van der Waals surface area contributed by atoms with Crippen LogP contribution >= 0.6 is 0 Å². The van der Waals surface area contributed by atoms with Crippen molar-refractivity contribution >= 4 is 11.9 Å². The van der Waals surface area contributed by atoms with E-state index in [-0.39, 0.29) is 30.0 Å². The lowest BCUT2D eigenvalue weighted by Gasteiger charge is -2.18. The van der Waals surface area contributed by atoms with Crippen LogP contribution in [0, 0.1) is 24.7 Å². The van der Waals surface area contributed by atoms with Crippen molar-refractivity contribution in [2.45, 2.75) is 51.4 Å². The van der Waals surface area contributed by atoms with Gasteiger partial charge in [-0.05, 0) is 50.7 Å². The highest BCUT2D eigenvalue weighted by molar-refractivity contribution is 5.75. The molecule has 0 aromatic carbocycles. The standard InChI is InChI=1S/C24H27N7O4/c1-12-17(35-18-7-5-14-20(18)21(14)23(32)33)8-6-15(27-12)22-16(31(2)30-29-22)11-26-24-25-10-9-19(28-24)34-13-3-4-13/h6,8-10,13-14,18,20-21H,3-5,7,11H2,1-2H3,(H,32,33)(H,25,26,28)/t14?,18-,20-,21?/m1/s1. The number of nitrogens with one attached hydrogen (secondary N) is 1. The van der Waals surface area contributed by atoms with E-state index in [2.05, 4.69) is 25.6 Å². The molecule has 182 valence electrons. The SMILES string of the molecule is Cc1nc(-c2nnn(C)c2CNc2nccc(OC3CC3)n2)ccc1O[C@@H]1CCC2C(C(=O)O)[C@H]21. The van der Waals surface area contributed by atoms with Crippen molar-refractivity contribution in [2.75, 3.05) is 5.32 Å². The van der Waals surface area contributed by atoms with Gasteiger partial charge in [0.25, 0.3) is 0 Å². The van der Waals surface area contributed by atoms with E-state index in [0.29, 0.717) is 35.5 Å². The van der Waals surface area contributed by atoms with E-state index in [0.717, 1.165) is 37.1 Å². The third-order valence-corrected chi connectivity index (χ3v) is 7.09. The van der Waals surface area contributed by atoms with Gasteiger partial charge in [0.15, 0.2) is 0 Å². The van der Waals surface area contributed by atoms with Gasteiger partial charge in [0, 0.05) is 25.2 Å². The van der Waals surface area contributed by atoms with Gasteiger partial charge in [0.2, 0.25) is 11.8 Å². The number of carboxylic acid groups (broad SMARTS) is 1. The summed E-state index contributed by atoms with van der Waals surface area (Å²) in [5.74, 6) is 1.10. The molecule has 2 N–H and O–H groups in total. The number of ether oxygens (including phenoxy) is 2. The highest BCUT2D eigenvalue weighted by Gasteiger charge is 2.63. The van der Waals surface area contributed by atoms with Crippen LogP contribution in [0.4, 0.5) is 5.95 Å². The molecule has 0 aliphatic heterocycles. The fourth-order valence-corrected chi connectivity index (χ4v) is 5.07. The minimum Gasteiger partial charge on any atom is -0.488 e. The van der Waals surface area contributed by atoms with Crippen molar-refractivity contribution in [3.8, 4) is 23.0 Å². The molecule has 0 amide bonds. The number of anilines is 1. The van der Waals surface area contributed by atoms with Gasteiger partial charge >= 0.3 is 5.97 Å². The van der Waals surface area contributed by atoms with Crippen LogP contribution in [0.2, 0.25) is 0 Å². The summed E-state index contributed by atoms with van der Waals surface area (Å²) in [5.41, 5.74) is 2.92. The molecular weight excluding hydrogens is 450 g/mol. The summed E-state index contributed by atoms with van der Waals surface area (Å²) in [7, 11) is 1.83. The Bertz CT molecular complexity index is 1270. The summed E-state index contributed by atoms with van der Waals surface area (Å²) in [6, 6.07) is 5.51. The number of aliphatic carboxylic acids is 1. The molecular formula is C24H27N7O4. The molecule has 2 unspecified atom stereocenters. The first-order chi connectivity index (χ1) is 17.0. The Balaban J connectivity index is 1.15. The van der Waals surface area contributed by atoms with Crippen molar-refractivity contribution in [1.29, 1.82) is 0 Å². The van der Waals surface area contributed by atoms with E-state index in [1.54, 1.807) is 16.9 Å². The summed E-state index contributed by atoms with van der Waals surface area (Å²) in [5, 5.41) is 21.1. The zero-order valence-corrected chi connectivity index (χ0v) is 19.6. The molecule has 0 spiro atoms. The van der Waals surface area contributed by atoms with E-state index in [4.69, 9.17) is 14.5 Å². The molecule has 3 aliphatic carbocycles. The minimum atomic E-state index is -0.713. The van der Waals surface area contributed by atoms with Gasteiger partial charge < -0.3 is 19.9 Å². The quantitative estimate of drug-likeness (QED) is 0.473. The van der Waals surface area contributed by atoms with Crippen LogP contribution in [0.5, 0.6) is 11.6 Å². The molecule has 3 aliphatic rings. The fraction of sp³-hybridized carbons (Fsp3) is 0.500. The van der Waals surface area contributed by atoms with Gasteiger partial charge in [-0.25, -0.2) is 14.6 Å². The van der Waals surface area contributed by atoms with E-state index >= 15 is 0 Å². The third kappa shape index (κ3) is 4.26. The highest BCUT2D eigenvalue weighted by atomic mass is 16.5. The van der Waals surface area contributed by atoms with Crippen LogP contribution in [0.25, 0.3) is 11.4 Å². The van der Waals surface area contributed by atoms with Crippen molar-refractivity contribution in [2.24, 2.45) is 24.8 Å². The number of pyridine rings is 1. The Hall–Kier alpha value is -3.76. The molecule has 3 aromatic heterocycles. The predicted molar refractivity (Wildman–Crippen MR) is 124 cm³/mol. The third-order valence-electron chi connectivity index (χ3n) is 7.09. The van der Waals surface area contributed by atoms with Gasteiger partial charge in [0.05, 0.1) is 29.5 Å². The number of carbonyl (C=O) groups is 1. The Morgan fingerprint density at radius 2 is 2.03 bits per heavy atom. The first-order valence-electron chi connectivity index (χ1n) is 12.0. The van der Waals surface area contributed by atoms with Crippen LogP contribution < -0.4 is 14.8 Å². The number of hydrogen-bond acceptors (Lipinski definition) is 9. The number of aromatic nitrogens is 6. The molecule has 3 fully saturated rings. The van der Waals surface area contributed by atoms with Crippen LogP contribution in [0.3, 0.4) is 0 Å². The molecule has 11 heteroatoms. The van der Waals surface area contributed by atoms with Crippen molar-refractivity contribution in [3.63, 3.8) is 0 Å². The molecule has 3 heterocycles. The zero-order valence-electron chi connectivity index (χ0n) is 19.6. The molecule has 0 saturated heterocycles. The van der Waals surface area contributed by atoms with Crippen LogP contribution in [0.1, 0.15) is 37.1 Å². The van der Waals surface area contributed by atoms with Crippen molar-refractivity contribution < 1.29 is 19.4 Å². The topological polar surface area (TPSA) is 137 Å². The average molecular weight is 478 g/mol. The Morgan fingerprint density at radius 1 is 1.17 bits per heavy atom. The maximum absolute atomic E-state index is 11.4. The minimum absolute atomic E-state index is 0.0663. The Kier molecular flexibility index (Phi) is 5.27. The number of nitrogens with zero attached hydrogens (tertiary/aromatic N) is 6. The monoisotopic (exact) mass is 477 g/mol. The van der Waals surface area contributed by atoms with E-state index < -0.39 is 5.97 Å². The maximum Gasteiger partial charge on any atom is 0.307 e. The molecule has 3 aromatic rings. The lowest BCUT2D eigenvalue weighted by Crippen LogP contribution is -2.20. The summed E-state index contributed by atoms with van der Waals surface area (Å²) in [6.07, 6.45) is 5.80. The lowest BCUT2D eigenvalue weighted by atomic mass is 10.1. The molecule has 4 atom stereocenters. The number of carboxylic acids is 1. The van der Waals surface area contributed by atoms with Crippen LogP contribution in [-0.2, 0) is 18.4 Å². The van der Waals surface area contributed by atoms with E-state index in [9.17, 15) is 9.90 Å². The lowest BCUT2D eigenvalue weighted by molar-refractivity contribution is -0.139. The Labute approximate surface area is 201 Å². The average Bonchev–Trinajstić information content (AvgIpc) is 3.72. The van der Waals surface area contributed by atoms with E-state index in [1.807, 2.05) is 26.1 Å². The van der Waals surface area contributed by atoms with Crippen LogP contribution in [0.15, 0.2) is 24.4 Å². The Morgan fingerprint density at radius 3 is 2.77 bits per heavy atom. The summed E-state index contributed by atoms with van der Waals surface area (Å²) in [6.45, 7) is 2.30. The zero-order chi connectivity index (χ0) is 24.1. The fourth-order valence-electron chi connectivity index (χ4n) is 5.07. The largest absolute Gasteiger partial charge is 0.488 e. The van der Waals surface area contributed by atoms with Crippen LogP contribution in [-0.4, -0.2) is 53.2 Å². The first-order valence-corrected chi connectivity index (χ1v) is 12.0. The molecule has 11 nitrogen and oxygen atoms in total. The van der Waals surface area contributed by atoms with Gasteiger partial charge in [-0.2, -0.15) is 4.98 Å². The van der Waals surface area contributed by atoms with Gasteiger partial charge in [-0.15, -0.1) is 5.10 Å². The molecule has 35 heavy (non-hydrogen) atoms. The molecule has 6 rings (SSSR count). The van der Waals surface area contributed by atoms with Crippen molar-refractivity contribution in [3.05, 3.63) is 35.8 Å². The second kappa shape index (κ2) is 8.47. The smallest absolute Gasteiger partial charge is 0.307 e. The second-order valence-electron chi connectivity index (χ2n) is 9.52. The number of hydrogen-bond donors (Lipinski definition) is 2. The number of fused-ring (bicyclic) bond motifs is 1. The molecule has 0 radical (unpaired) electrons. The number of rotatable bonds is 9. The van der Waals surface area contributed by atoms with Gasteiger partial charge in [-0.3, -0.25) is 4.79 Å². The van der Waals surface area contributed by atoms with Crippen molar-refractivity contribution in [1.82, 2.24) is 29.9 Å². The number of aryl methyl sites for hydroxylation is 2. The van der Waals surface area contributed by atoms with Gasteiger partial charge in [0.1, 0.15) is 23.7 Å².